The zero-order chi connectivity index (χ0) is 30.6. The maximum Gasteiger partial charge on any atom is 0.508 e. The van der Waals surface area contributed by atoms with Gasteiger partial charge in [0.15, 0.2) is 11.6 Å². The first-order valence-electron chi connectivity index (χ1n) is 18.3. The quantitative estimate of drug-likeness (QED) is 0.295. The minimum absolute atomic E-state index is 0.0204. The lowest BCUT2D eigenvalue weighted by Gasteiger charge is -2.58. The highest BCUT2D eigenvalue weighted by atomic mass is 16.7. The van der Waals surface area contributed by atoms with Crippen LogP contribution in [-0.2, 0) is 19.1 Å². The van der Waals surface area contributed by atoms with Crippen molar-refractivity contribution >= 4 is 17.7 Å². The van der Waals surface area contributed by atoms with Crippen molar-refractivity contribution < 1.29 is 23.9 Å². The Balaban J connectivity index is 0.930. The van der Waals surface area contributed by atoms with Crippen LogP contribution in [0.4, 0.5) is 4.79 Å². The molecule has 5 nitrogen and oxygen atoms in total. The Bertz CT molecular complexity index is 1230. The fourth-order valence-electron chi connectivity index (χ4n) is 13.7. The summed E-state index contributed by atoms with van der Waals surface area (Å²) in [5, 5.41) is 0. The summed E-state index contributed by atoms with van der Waals surface area (Å²) in [5.74, 6) is 4.42. The lowest BCUT2D eigenvalue weighted by molar-refractivity contribution is -0.120. The molecule has 6 fully saturated rings. The van der Waals surface area contributed by atoms with E-state index in [4.69, 9.17) is 9.47 Å². The number of carbonyl (C=O) groups excluding carboxylic acids is 3. The van der Waals surface area contributed by atoms with Gasteiger partial charge in [0.1, 0.15) is 12.2 Å². The summed E-state index contributed by atoms with van der Waals surface area (Å²) in [7, 11) is 0. The predicted octanol–water partition coefficient (Wildman–Crippen LogP) is 8.94. The third kappa shape index (κ3) is 4.11. The van der Waals surface area contributed by atoms with Crippen LogP contribution in [0.15, 0.2) is 23.3 Å². The number of hydrogen-bond acceptors (Lipinski definition) is 5. The van der Waals surface area contributed by atoms with Crippen LogP contribution in [0.2, 0.25) is 0 Å². The van der Waals surface area contributed by atoms with Crippen LogP contribution in [-0.4, -0.2) is 29.9 Å². The van der Waals surface area contributed by atoms with Crippen LogP contribution < -0.4 is 0 Å². The Morgan fingerprint density at radius 2 is 1.00 bits per heavy atom. The van der Waals surface area contributed by atoms with Crippen LogP contribution in [0.1, 0.15) is 130 Å². The maximum atomic E-state index is 13.6. The molecule has 0 aromatic heterocycles. The average molecular weight is 603 g/mol. The normalized spacial score (nSPS) is 51.0. The molecule has 12 atom stereocenters. The molecular formula is C39H54O5. The van der Waals surface area contributed by atoms with E-state index in [1.807, 2.05) is 12.2 Å². The lowest BCUT2D eigenvalue weighted by Crippen LogP contribution is -2.52. The third-order valence-corrected chi connectivity index (χ3v) is 16.2. The SMILES string of the molecule is C[C@]12CC[C@H]3[C@@H](CCC4=CC(=O)CC[C@@]43C)[C@@H]1CC[C@@H]2OC(=O)O[C@H]1CC[C@H]2[C@@H]3CCC4=CC(=O)CC[C@]4(C)[C@H]3CC[C@]12C. The summed E-state index contributed by atoms with van der Waals surface area (Å²) >= 11 is 0. The molecule has 0 heterocycles. The number of allylic oxidation sites excluding steroid dienone is 2. The highest BCUT2D eigenvalue weighted by molar-refractivity contribution is 5.92. The number of hydrogen-bond donors (Lipinski definition) is 0. The van der Waals surface area contributed by atoms with Crippen molar-refractivity contribution in [3.05, 3.63) is 23.3 Å². The van der Waals surface area contributed by atoms with Crippen molar-refractivity contribution in [2.45, 2.75) is 143 Å². The van der Waals surface area contributed by atoms with E-state index in [0.29, 0.717) is 59.9 Å². The molecule has 0 aromatic carbocycles. The van der Waals surface area contributed by atoms with E-state index in [-0.39, 0.29) is 33.9 Å². The van der Waals surface area contributed by atoms with Gasteiger partial charge in [-0.05, 0) is 148 Å². The highest BCUT2D eigenvalue weighted by Gasteiger charge is 2.62. The van der Waals surface area contributed by atoms with Crippen LogP contribution in [0.25, 0.3) is 0 Å². The number of ether oxygens (including phenoxy) is 2. The topological polar surface area (TPSA) is 69.7 Å². The number of fused-ring (bicyclic) bond motifs is 10. The van der Waals surface area contributed by atoms with E-state index in [2.05, 4.69) is 27.7 Å². The van der Waals surface area contributed by atoms with Crippen LogP contribution in [0.5, 0.6) is 0 Å². The van der Waals surface area contributed by atoms with Crippen molar-refractivity contribution in [3.63, 3.8) is 0 Å². The lowest BCUT2D eigenvalue weighted by atomic mass is 9.47. The molecule has 0 bridgehead atoms. The zero-order valence-corrected chi connectivity index (χ0v) is 27.6. The summed E-state index contributed by atoms with van der Waals surface area (Å²) in [5.41, 5.74) is 3.22. The van der Waals surface area contributed by atoms with Crippen molar-refractivity contribution in [3.8, 4) is 0 Å². The Kier molecular flexibility index (Phi) is 6.73. The van der Waals surface area contributed by atoms with E-state index >= 15 is 0 Å². The molecule has 8 aliphatic rings. The average Bonchev–Trinajstić information content (AvgIpc) is 3.49. The molecule has 0 aliphatic heterocycles. The summed E-state index contributed by atoms with van der Waals surface area (Å²) in [6.45, 7) is 9.67. The molecule has 5 heteroatoms. The summed E-state index contributed by atoms with van der Waals surface area (Å²) in [6.07, 6.45) is 20.0. The molecule has 0 aromatic rings. The first-order valence-corrected chi connectivity index (χ1v) is 18.3. The molecule has 8 rings (SSSR count). The first-order chi connectivity index (χ1) is 21.0. The molecule has 6 saturated carbocycles. The molecule has 0 spiro atoms. The van der Waals surface area contributed by atoms with E-state index in [1.165, 1.54) is 36.8 Å². The van der Waals surface area contributed by atoms with Gasteiger partial charge < -0.3 is 9.47 Å². The minimum atomic E-state index is -0.425. The molecule has 0 N–H and O–H groups in total. The van der Waals surface area contributed by atoms with Gasteiger partial charge in [-0.15, -0.1) is 0 Å². The van der Waals surface area contributed by atoms with E-state index in [1.54, 1.807) is 0 Å². The Labute approximate surface area is 264 Å². The second-order valence-corrected chi connectivity index (χ2v) is 17.6. The second-order valence-electron chi connectivity index (χ2n) is 17.6. The fourth-order valence-corrected chi connectivity index (χ4v) is 13.7. The van der Waals surface area contributed by atoms with Gasteiger partial charge in [0, 0.05) is 23.7 Å². The summed E-state index contributed by atoms with van der Waals surface area (Å²) in [6, 6.07) is 0. The van der Waals surface area contributed by atoms with Gasteiger partial charge in [-0.3, -0.25) is 9.59 Å². The molecule has 8 aliphatic carbocycles. The van der Waals surface area contributed by atoms with E-state index < -0.39 is 6.16 Å². The Morgan fingerprint density at radius 3 is 1.43 bits per heavy atom. The molecule has 0 saturated heterocycles. The van der Waals surface area contributed by atoms with Gasteiger partial charge in [0.25, 0.3) is 0 Å². The monoisotopic (exact) mass is 602 g/mol. The van der Waals surface area contributed by atoms with Gasteiger partial charge in [-0.1, -0.05) is 38.8 Å². The zero-order valence-electron chi connectivity index (χ0n) is 27.6. The molecule has 0 amide bonds. The molecule has 0 radical (unpaired) electrons. The molecular weight excluding hydrogens is 548 g/mol. The van der Waals surface area contributed by atoms with Gasteiger partial charge in [-0.2, -0.15) is 0 Å². The molecule has 240 valence electrons. The molecule has 0 unspecified atom stereocenters. The highest BCUT2D eigenvalue weighted by Crippen LogP contribution is 2.67. The van der Waals surface area contributed by atoms with Crippen LogP contribution in [0.3, 0.4) is 0 Å². The summed E-state index contributed by atoms with van der Waals surface area (Å²) < 4.78 is 12.7. The Hall–Kier alpha value is -1.91. The standard InChI is InChI=1S/C39H54O5/c1-36-17-13-25(40)21-23(36)5-7-27-29-9-11-33(38(29,3)19-15-31(27)36)43-35(42)44-34-12-10-30-28-8-6-24-22-26(41)14-18-37(24,2)32(28)16-20-39(30,34)4/h21-22,27-34H,5-20H2,1-4H3/t27-,28-,29-,30-,31-,32-,33-,34-,36-,37-,38-,39-/m0/s1. The summed E-state index contributed by atoms with van der Waals surface area (Å²) in [4.78, 5) is 38.0. The number of carbonyl (C=O) groups is 3. The van der Waals surface area contributed by atoms with E-state index in [9.17, 15) is 14.4 Å². The number of rotatable bonds is 2. The maximum absolute atomic E-state index is 13.6. The third-order valence-electron chi connectivity index (χ3n) is 16.2. The first kappa shape index (κ1) is 29.5. The second kappa shape index (κ2) is 10.0. The van der Waals surface area contributed by atoms with Crippen molar-refractivity contribution in [1.29, 1.82) is 0 Å². The largest absolute Gasteiger partial charge is 0.508 e. The number of ketones is 2. The van der Waals surface area contributed by atoms with Crippen LogP contribution in [0, 0.1) is 57.2 Å². The minimum Gasteiger partial charge on any atom is -0.430 e. The van der Waals surface area contributed by atoms with Gasteiger partial charge in [0.05, 0.1) is 0 Å². The van der Waals surface area contributed by atoms with Gasteiger partial charge in [-0.25, -0.2) is 4.79 Å². The van der Waals surface area contributed by atoms with Crippen molar-refractivity contribution in [1.82, 2.24) is 0 Å². The van der Waals surface area contributed by atoms with Gasteiger partial charge in [0.2, 0.25) is 0 Å². The molecule has 44 heavy (non-hydrogen) atoms. The van der Waals surface area contributed by atoms with E-state index in [0.717, 1.165) is 64.2 Å². The van der Waals surface area contributed by atoms with Crippen LogP contribution >= 0.6 is 0 Å². The Morgan fingerprint density at radius 1 is 0.568 bits per heavy atom. The van der Waals surface area contributed by atoms with Crippen molar-refractivity contribution in [2.24, 2.45) is 57.2 Å². The smallest absolute Gasteiger partial charge is 0.430 e. The fraction of sp³-hybridized carbons (Fsp3) is 0.821. The van der Waals surface area contributed by atoms with Crippen molar-refractivity contribution in [2.75, 3.05) is 0 Å². The van der Waals surface area contributed by atoms with Gasteiger partial charge >= 0.3 is 6.16 Å². The predicted molar refractivity (Wildman–Crippen MR) is 169 cm³/mol.